The van der Waals surface area contributed by atoms with Crippen LogP contribution in [0.1, 0.15) is 58.8 Å². The van der Waals surface area contributed by atoms with Crippen molar-refractivity contribution in [3.8, 4) is 11.8 Å². The van der Waals surface area contributed by atoms with E-state index >= 15 is 0 Å². The van der Waals surface area contributed by atoms with E-state index in [1.165, 1.54) is 13.2 Å². The highest BCUT2D eigenvalue weighted by Gasteiger charge is 2.26. The molecule has 2 aromatic heterocycles. The molecular formula is C26H34N4O8. The Morgan fingerprint density at radius 2 is 1.37 bits per heavy atom. The zero-order valence-electron chi connectivity index (χ0n) is 22.5. The molecule has 0 fully saturated rings. The van der Waals surface area contributed by atoms with E-state index in [9.17, 15) is 19.7 Å². The maximum atomic E-state index is 11.6. The molecule has 0 aromatic carbocycles. The zero-order valence-corrected chi connectivity index (χ0v) is 22.5. The molecule has 206 valence electrons. The average Bonchev–Trinajstić information content (AvgIpc) is 2.86. The number of hydrogen-bond acceptors (Lipinski definition) is 11. The molecule has 0 radical (unpaired) electrons. The molecule has 0 bridgehead atoms. The zero-order chi connectivity index (χ0) is 29.0. The second-order valence-electron chi connectivity index (χ2n) is 8.17. The van der Waals surface area contributed by atoms with Crippen LogP contribution in [0.15, 0.2) is 37.4 Å². The van der Waals surface area contributed by atoms with Gasteiger partial charge in [0.1, 0.15) is 12.2 Å². The molecule has 2 N–H and O–H groups in total. The number of aryl methyl sites for hydroxylation is 2. The number of nitrogen functional groups attached to an aromatic ring is 1. The number of nitrogens with zero attached hydrogens (tertiary/aromatic N) is 3. The largest absolute Gasteiger partial charge is 0.474 e. The number of esters is 2. The van der Waals surface area contributed by atoms with E-state index in [0.29, 0.717) is 24.3 Å². The minimum Gasteiger partial charge on any atom is -0.474 e. The number of methoxy groups -OCH3 is 2. The predicted molar refractivity (Wildman–Crippen MR) is 142 cm³/mol. The van der Waals surface area contributed by atoms with Gasteiger partial charge in [-0.3, -0.25) is 10.1 Å². The summed E-state index contributed by atoms with van der Waals surface area (Å²) in [7, 11) is 2.42. The average molecular weight is 531 g/mol. The van der Waals surface area contributed by atoms with Crippen LogP contribution in [0, 0.1) is 24.0 Å². The van der Waals surface area contributed by atoms with Crippen LogP contribution < -0.4 is 15.2 Å². The second kappa shape index (κ2) is 14.9. The molecule has 0 aliphatic heterocycles. The van der Waals surface area contributed by atoms with Crippen LogP contribution in [-0.4, -0.2) is 53.3 Å². The van der Waals surface area contributed by atoms with Crippen LogP contribution in [-0.2, 0) is 9.47 Å². The normalized spacial score (nSPS) is 11.6. The molecule has 0 aliphatic carbocycles. The van der Waals surface area contributed by atoms with Gasteiger partial charge in [0.25, 0.3) is 0 Å². The number of nitrogens with two attached hydrogens (primary N) is 1. The topological polar surface area (TPSA) is 166 Å². The van der Waals surface area contributed by atoms with Crippen LogP contribution in [0.25, 0.3) is 0 Å². The molecule has 2 rings (SSSR count). The summed E-state index contributed by atoms with van der Waals surface area (Å²) < 4.78 is 20.3. The third kappa shape index (κ3) is 8.87. The van der Waals surface area contributed by atoms with Crippen LogP contribution in [0.2, 0.25) is 0 Å². The molecule has 38 heavy (non-hydrogen) atoms. The Bertz CT molecular complexity index is 1180. The number of hydrogen-bond donors (Lipinski definition) is 1. The molecule has 2 atom stereocenters. The molecule has 0 aliphatic rings. The van der Waals surface area contributed by atoms with Gasteiger partial charge in [0.05, 0.1) is 24.8 Å². The lowest BCUT2D eigenvalue weighted by Crippen LogP contribution is -2.15. The fraction of sp³-hybridized carbons (Fsp3) is 0.385. The Kier molecular flexibility index (Phi) is 12.4. The van der Waals surface area contributed by atoms with Gasteiger partial charge in [0.15, 0.2) is 5.69 Å². The van der Waals surface area contributed by atoms with Gasteiger partial charge in [-0.2, -0.15) is 4.98 Å². The lowest BCUT2D eigenvalue weighted by molar-refractivity contribution is -0.385. The summed E-state index contributed by atoms with van der Waals surface area (Å²) in [5, 5.41) is 10.9. The minimum absolute atomic E-state index is 0.0668. The third-order valence-corrected chi connectivity index (χ3v) is 4.92. The number of aromatic nitrogens is 2. The predicted octanol–water partition coefficient (Wildman–Crippen LogP) is 4.53. The van der Waals surface area contributed by atoms with Gasteiger partial charge in [-0.25, -0.2) is 14.6 Å². The summed E-state index contributed by atoms with van der Waals surface area (Å²) in [6.45, 7) is 14.4. The number of anilines is 1. The molecule has 0 saturated heterocycles. The lowest BCUT2D eigenvalue weighted by atomic mass is 10.2. The summed E-state index contributed by atoms with van der Waals surface area (Å²) >= 11 is 0. The highest BCUT2D eigenvalue weighted by atomic mass is 16.6. The number of pyridine rings is 2. The van der Waals surface area contributed by atoms with Crippen LogP contribution >= 0.6 is 0 Å². The molecular weight excluding hydrogens is 496 g/mol. The number of carbonyl (C=O) groups is 2. The highest BCUT2D eigenvalue weighted by Crippen LogP contribution is 2.26. The standard InChI is InChI=1S/C13H16N2O5.C13H18N2O3/c1-5-6-9(3)20-12-8(2)7-10(15(17)18)11(14-12)13(16)19-4;1-5-6-9(3)18-12-8(2)7-10(14)11(15-12)13(16)17-4/h5,7,9H,1,6H2,2-4H3;5,7,9H,1,6,14H2,2-4H3/t2*9-/m11/s1. The van der Waals surface area contributed by atoms with Gasteiger partial charge in [-0.05, 0) is 33.8 Å². The van der Waals surface area contributed by atoms with Crippen molar-refractivity contribution < 1.29 is 33.5 Å². The van der Waals surface area contributed by atoms with Crippen molar-refractivity contribution in [3.05, 3.63) is 70.1 Å². The molecule has 0 spiro atoms. The van der Waals surface area contributed by atoms with E-state index in [1.807, 2.05) is 20.8 Å². The lowest BCUT2D eigenvalue weighted by Gasteiger charge is -2.15. The summed E-state index contributed by atoms with van der Waals surface area (Å²) in [5.41, 5.74) is 6.55. The van der Waals surface area contributed by atoms with Crippen LogP contribution in [0.4, 0.5) is 11.4 Å². The van der Waals surface area contributed by atoms with E-state index in [4.69, 9.17) is 15.2 Å². The molecule has 0 unspecified atom stereocenters. The van der Waals surface area contributed by atoms with Crippen LogP contribution in [0.3, 0.4) is 0 Å². The Morgan fingerprint density at radius 1 is 0.947 bits per heavy atom. The van der Waals surface area contributed by atoms with Crippen molar-refractivity contribution in [1.29, 1.82) is 0 Å². The first-order valence-electron chi connectivity index (χ1n) is 11.5. The van der Waals surface area contributed by atoms with E-state index in [2.05, 4.69) is 32.6 Å². The van der Waals surface area contributed by atoms with E-state index in [-0.39, 0.29) is 35.2 Å². The molecule has 12 heteroatoms. The number of ether oxygens (including phenoxy) is 4. The van der Waals surface area contributed by atoms with Gasteiger partial charge in [-0.15, -0.1) is 13.2 Å². The number of carbonyl (C=O) groups excluding carboxylic acids is 2. The van der Waals surface area contributed by atoms with Crippen molar-refractivity contribution in [2.75, 3.05) is 20.0 Å². The summed E-state index contributed by atoms with van der Waals surface area (Å²) in [5.74, 6) is -0.893. The first-order valence-corrected chi connectivity index (χ1v) is 11.5. The van der Waals surface area contributed by atoms with Gasteiger partial charge in [0.2, 0.25) is 17.5 Å². The maximum Gasteiger partial charge on any atom is 0.364 e. The quantitative estimate of drug-likeness (QED) is 0.188. The van der Waals surface area contributed by atoms with Crippen molar-refractivity contribution in [2.24, 2.45) is 0 Å². The molecule has 12 nitrogen and oxygen atoms in total. The van der Waals surface area contributed by atoms with E-state index in [1.54, 1.807) is 25.1 Å². The monoisotopic (exact) mass is 530 g/mol. The van der Waals surface area contributed by atoms with Gasteiger partial charge >= 0.3 is 17.6 Å². The summed E-state index contributed by atoms with van der Waals surface area (Å²) in [6, 6.07) is 2.89. The van der Waals surface area contributed by atoms with Gasteiger partial charge < -0.3 is 24.7 Å². The first-order chi connectivity index (χ1) is 17.9. The van der Waals surface area contributed by atoms with E-state index < -0.39 is 22.5 Å². The van der Waals surface area contributed by atoms with Crippen LogP contribution in [0.5, 0.6) is 11.8 Å². The summed E-state index contributed by atoms with van der Waals surface area (Å²) in [6.07, 6.45) is 4.46. The molecule has 0 saturated carbocycles. The van der Waals surface area contributed by atoms with Gasteiger partial charge in [0, 0.05) is 30.0 Å². The number of rotatable bonds is 11. The molecule has 2 aromatic rings. The highest BCUT2D eigenvalue weighted by molar-refractivity contribution is 5.93. The summed E-state index contributed by atoms with van der Waals surface area (Å²) in [4.78, 5) is 41.3. The van der Waals surface area contributed by atoms with Crippen molar-refractivity contribution in [3.63, 3.8) is 0 Å². The Morgan fingerprint density at radius 3 is 1.79 bits per heavy atom. The van der Waals surface area contributed by atoms with Crippen molar-refractivity contribution >= 4 is 23.3 Å². The van der Waals surface area contributed by atoms with Gasteiger partial charge in [-0.1, -0.05) is 12.2 Å². The molecule has 2 heterocycles. The smallest absolute Gasteiger partial charge is 0.364 e. The number of nitro groups is 1. The maximum absolute atomic E-state index is 11.6. The fourth-order valence-electron chi connectivity index (χ4n) is 3.03. The second-order valence-corrected chi connectivity index (χ2v) is 8.17. The molecule has 0 amide bonds. The fourth-order valence-corrected chi connectivity index (χ4v) is 3.03. The third-order valence-electron chi connectivity index (χ3n) is 4.92. The first kappa shape index (κ1) is 31.5. The van der Waals surface area contributed by atoms with Crippen molar-refractivity contribution in [2.45, 2.75) is 52.7 Å². The Hall–Kier alpha value is -4.48. The minimum atomic E-state index is -0.877. The van der Waals surface area contributed by atoms with Crippen molar-refractivity contribution in [1.82, 2.24) is 9.97 Å². The van der Waals surface area contributed by atoms with E-state index in [0.717, 1.165) is 12.7 Å². The Balaban J connectivity index is 0.000000382. The Labute approximate surface area is 221 Å². The SMILES string of the molecule is C=CC[C@@H](C)Oc1nc(C(=O)OC)c(N)cc1C.C=CC[C@@H](C)Oc1nc(C(=O)OC)c([N+](=O)[O-])cc1C.